The molecule has 0 saturated heterocycles. The monoisotopic (exact) mass is 284 g/mol. The summed E-state index contributed by atoms with van der Waals surface area (Å²) in [4.78, 5) is 22.6. The highest BCUT2D eigenvalue weighted by Crippen LogP contribution is 2.21. The molecule has 0 aromatic heterocycles. The Hall–Kier alpha value is -2.69. The van der Waals surface area contributed by atoms with E-state index in [0.29, 0.717) is 11.1 Å². The van der Waals surface area contributed by atoms with Crippen molar-refractivity contribution in [1.29, 1.82) is 0 Å². The van der Waals surface area contributed by atoms with E-state index in [0.717, 1.165) is 17.7 Å². The average Bonchev–Trinajstić information content (AvgIpc) is 2.47. The fraction of sp³-hybridized carbons (Fsp3) is 0.188. The van der Waals surface area contributed by atoms with Gasteiger partial charge < -0.3 is 5.32 Å². The third kappa shape index (κ3) is 3.25. The normalized spacial score (nSPS) is 10.2. The molecular formula is C16H16N2O3. The summed E-state index contributed by atoms with van der Waals surface area (Å²) in [6, 6.07) is 11.9. The number of aryl methyl sites for hydroxylation is 2. The first-order chi connectivity index (χ1) is 10.0. The van der Waals surface area contributed by atoms with Crippen LogP contribution in [0.25, 0.3) is 0 Å². The molecular weight excluding hydrogens is 268 g/mol. The second-order valence-corrected chi connectivity index (χ2v) is 4.72. The van der Waals surface area contributed by atoms with Crippen LogP contribution in [-0.4, -0.2) is 10.8 Å². The Morgan fingerprint density at radius 1 is 1.24 bits per heavy atom. The minimum Gasteiger partial charge on any atom is -0.322 e. The van der Waals surface area contributed by atoms with E-state index in [1.54, 1.807) is 6.92 Å². The number of nitro benzene ring substituents is 1. The lowest BCUT2D eigenvalue weighted by atomic mass is 10.1. The van der Waals surface area contributed by atoms with E-state index >= 15 is 0 Å². The Kier molecular flexibility index (Phi) is 4.33. The minimum atomic E-state index is -0.455. The molecule has 1 N–H and O–H groups in total. The van der Waals surface area contributed by atoms with Gasteiger partial charge in [0.25, 0.3) is 11.6 Å². The van der Waals surface area contributed by atoms with Crippen molar-refractivity contribution >= 4 is 17.3 Å². The molecule has 1 amide bonds. The van der Waals surface area contributed by atoms with Gasteiger partial charge in [-0.1, -0.05) is 25.1 Å². The first kappa shape index (κ1) is 14.7. The smallest absolute Gasteiger partial charge is 0.272 e. The van der Waals surface area contributed by atoms with E-state index in [2.05, 4.69) is 5.32 Å². The van der Waals surface area contributed by atoms with Crippen LogP contribution in [0.15, 0.2) is 42.5 Å². The summed E-state index contributed by atoms with van der Waals surface area (Å²) < 4.78 is 0. The number of amides is 1. The van der Waals surface area contributed by atoms with Gasteiger partial charge in [0.1, 0.15) is 0 Å². The first-order valence-electron chi connectivity index (χ1n) is 6.67. The molecule has 0 radical (unpaired) electrons. The molecule has 5 heteroatoms. The number of carbonyl (C=O) groups is 1. The number of nitrogens with zero attached hydrogens (tertiary/aromatic N) is 1. The van der Waals surface area contributed by atoms with Crippen molar-refractivity contribution in [3.8, 4) is 0 Å². The van der Waals surface area contributed by atoms with Crippen LogP contribution >= 0.6 is 0 Å². The Bertz CT molecular complexity index is 696. The Balaban J connectivity index is 2.25. The topological polar surface area (TPSA) is 72.2 Å². The summed E-state index contributed by atoms with van der Waals surface area (Å²) in [5.74, 6) is -0.270. The van der Waals surface area contributed by atoms with Gasteiger partial charge >= 0.3 is 0 Å². The number of para-hydroxylation sites is 1. The van der Waals surface area contributed by atoms with Crippen LogP contribution in [0.4, 0.5) is 11.4 Å². The predicted octanol–water partition coefficient (Wildman–Crippen LogP) is 3.72. The fourth-order valence-corrected chi connectivity index (χ4v) is 2.15. The number of rotatable bonds is 4. The van der Waals surface area contributed by atoms with Crippen molar-refractivity contribution in [3.05, 3.63) is 69.3 Å². The maximum atomic E-state index is 12.2. The molecule has 2 rings (SSSR count). The van der Waals surface area contributed by atoms with Gasteiger partial charge in [-0.25, -0.2) is 0 Å². The molecule has 5 nitrogen and oxygen atoms in total. The Labute approximate surface area is 122 Å². The molecule has 2 aromatic carbocycles. The number of benzene rings is 2. The van der Waals surface area contributed by atoms with Crippen LogP contribution in [0.2, 0.25) is 0 Å². The lowest BCUT2D eigenvalue weighted by Crippen LogP contribution is -2.13. The van der Waals surface area contributed by atoms with Gasteiger partial charge in [-0.3, -0.25) is 14.9 Å². The first-order valence-corrected chi connectivity index (χ1v) is 6.67. The maximum absolute atomic E-state index is 12.2. The molecule has 0 heterocycles. The number of nitro groups is 1. The molecule has 0 aliphatic rings. The van der Waals surface area contributed by atoms with Gasteiger partial charge in [0.2, 0.25) is 0 Å². The maximum Gasteiger partial charge on any atom is 0.272 e. The van der Waals surface area contributed by atoms with Crippen molar-refractivity contribution in [3.63, 3.8) is 0 Å². The molecule has 0 spiro atoms. The van der Waals surface area contributed by atoms with Crippen molar-refractivity contribution in [2.24, 2.45) is 0 Å². The van der Waals surface area contributed by atoms with E-state index in [9.17, 15) is 14.9 Å². The van der Waals surface area contributed by atoms with Crippen LogP contribution in [0.1, 0.15) is 28.4 Å². The van der Waals surface area contributed by atoms with Gasteiger partial charge in [0.05, 0.1) is 4.92 Å². The van der Waals surface area contributed by atoms with Gasteiger partial charge in [0, 0.05) is 22.9 Å². The summed E-state index contributed by atoms with van der Waals surface area (Å²) in [6.45, 7) is 3.63. The zero-order valence-corrected chi connectivity index (χ0v) is 11.9. The Morgan fingerprint density at radius 2 is 1.95 bits per heavy atom. The summed E-state index contributed by atoms with van der Waals surface area (Å²) in [5, 5.41) is 13.6. The summed E-state index contributed by atoms with van der Waals surface area (Å²) in [5.41, 5.74) is 2.70. The second-order valence-electron chi connectivity index (χ2n) is 4.72. The van der Waals surface area contributed by atoms with Crippen LogP contribution < -0.4 is 5.32 Å². The second kappa shape index (κ2) is 6.17. The summed E-state index contributed by atoms with van der Waals surface area (Å²) in [6.07, 6.45) is 0.815. The molecule has 0 bridgehead atoms. The standard InChI is InChI=1S/C16H16N2O3/c1-3-12-6-4-5-7-14(12)17-16(19)13-8-9-15(18(20)21)11(2)10-13/h4-10H,3H2,1-2H3,(H,17,19). The van der Waals surface area contributed by atoms with E-state index in [-0.39, 0.29) is 11.6 Å². The van der Waals surface area contributed by atoms with Crippen LogP contribution in [-0.2, 0) is 6.42 Å². The highest BCUT2D eigenvalue weighted by atomic mass is 16.6. The summed E-state index contributed by atoms with van der Waals surface area (Å²) >= 11 is 0. The molecule has 0 unspecified atom stereocenters. The Morgan fingerprint density at radius 3 is 2.57 bits per heavy atom. The minimum absolute atomic E-state index is 0.0144. The third-order valence-electron chi connectivity index (χ3n) is 3.30. The zero-order chi connectivity index (χ0) is 15.4. The predicted molar refractivity (Wildman–Crippen MR) is 81.6 cm³/mol. The van der Waals surface area contributed by atoms with Crippen molar-refractivity contribution in [2.45, 2.75) is 20.3 Å². The molecule has 0 aliphatic carbocycles. The number of nitrogens with one attached hydrogen (secondary N) is 1. The zero-order valence-electron chi connectivity index (χ0n) is 11.9. The van der Waals surface area contributed by atoms with E-state index in [1.807, 2.05) is 31.2 Å². The molecule has 0 aliphatic heterocycles. The summed E-state index contributed by atoms with van der Waals surface area (Å²) in [7, 11) is 0. The number of hydrogen-bond acceptors (Lipinski definition) is 3. The molecule has 0 fully saturated rings. The van der Waals surface area contributed by atoms with E-state index in [4.69, 9.17) is 0 Å². The quantitative estimate of drug-likeness (QED) is 0.687. The van der Waals surface area contributed by atoms with Crippen molar-refractivity contribution < 1.29 is 9.72 Å². The number of hydrogen-bond donors (Lipinski definition) is 1. The number of carbonyl (C=O) groups excluding carboxylic acids is 1. The van der Waals surface area contributed by atoms with Crippen LogP contribution in [0.5, 0.6) is 0 Å². The van der Waals surface area contributed by atoms with Crippen LogP contribution in [0.3, 0.4) is 0 Å². The highest BCUT2D eigenvalue weighted by molar-refractivity contribution is 6.04. The lowest BCUT2D eigenvalue weighted by molar-refractivity contribution is -0.385. The fourth-order valence-electron chi connectivity index (χ4n) is 2.15. The third-order valence-corrected chi connectivity index (χ3v) is 3.30. The SMILES string of the molecule is CCc1ccccc1NC(=O)c1ccc([N+](=O)[O-])c(C)c1. The van der Waals surface area contributed by atoms with Gasteiger partial charge in [-0.2, -0.15) is 0 Å². The highest BCUT2D eigenvalue weighted by Gasteiger charge is 2.14. The molecule has 21 heavy (non-hydrogen) atoms. The lowest BCUT2D eigenvalue weighted by Gasteiger charge is -2.10. The van der Waals surface area contributed by atoms with Gasteiger partial charge in [-0.05, 0) is 37.1 Å². The van der Waals surface area contributed by atoms with E-state index < -0.39 is 4.92 Å². The van der Waals surface area contributed by atoms with Gasteiger partial charge in [-0.15, -0.1) is 0 Å². The van der Waals surface area contributed by atoms with Crippen LogP contribution in [0, 0.1) is 17.0 Å². The largest absolute Gasteiger partial charge is 0.322 e. The van der Waals surface area contributed by atoms with Crippen molar-refractivity contribution in [2.75, 3.05) is 5.32 Å². The number of anilines is 1. The molecule has 2 aromatic rings. The van der Waals surface area contributed by atoms with Gasteiger partial charge in [0.15, 0.2) is 0 Å². The van der Waals surface area contributed by atoms with E-state index in [1.165, 1.54) is 18.2 Å². The molecule has 0 atom stereocenters. The molecule has 108 valence electrons. The average molecular weight is 284 g/mol. The molecule has 0 saturated carbocycles. The van der Waals surface area contributed by atoms with Crippen molar-refractivity contribution in [1.82, 2.24) is 0 Å².